The number of amides is 2. The normalized spacial score (nSPS) is 18.7. The van der Waals surface area contributed by atoms with Crippen LogP contribution < -0.4 is 15.5 Å². The molecular formula is C30H32Cl3N3O2. The van der Waals surface area contributed by atoms with Crippen molar-refractivity contribution >= 4 is 58.8 Å². The number of halogens is 3. The van der Waals surface area contributed by atoms with Crippen LogP contribution in [-0.4, -0.2) is 30.4 Å². The fraction of sp³-hybridized carbons (Fsp3) is 0.333. The number of benzene rings is 3. The summed E-state index contributed by atoms with van der Waals surface area (Å²) in [4.78, 5) is 28.3. The summed E-state index contributed by atoms with van der Waals surface area (Å²) in [7, 11) is 0. The molecule has 5 rings (SSSR count). The number of nitrogens with one attached hydrogen (secondary N) is 2. The van der Waals surface area contributed by atoms with Crippen molar-refractivity contribution in [1.29, 1.82) is 0 Å². The minimum absolute atomic E-state index is 0. The van der Waals surface area contributed by atoms with E-state index in [1.807, 2.05) is 23.1 Å². The second kappa shape index (κ2) is 12.5. The van der Waals surface area contributed by atoms with Crippen LogP contribution in [0.2, 0.25) is 10.0 Å². The molecular weight excluding hydrogens is 541 g/mol. The molecule has 0 aromatic heterocycles. The number of hydrogen-bond donors (Lipinski definition) is 2. The van der Waals surface area contributed by atoms with Crippen LogP contribution in [0.15, 0.2) is 66.7 Å². The molecule has 0 spiro atoms. The Kier molecular flexibility index (Phi) is 9.37. The van der Waals surface area contributed by atoms with Crippen LogP contribution in [0.3, 0.4) is 0 Å². The lowest BCUT2D eigenvalue weighted by Crippen LogP contribution is -2.38. The summed E-state index contributed by atoms with van der Waals surface area (Å²) in [6.07, 6.45) is 5.50. The van der Waals surface area contributed by atoms with Crippen molar-refractivity contribution in [3.05, 3.63) is 93.5 Å². The molecule has 2 atom stereocenters. The number of rotatable bonds is 7. The monoisotopic (exact) mass is 571 g/mol. The van der Waals surface area contributed by atoms with Gasteiger partial charge < -0.3 is 15.5 Å². The van der Waals surface area contributed by atoms with Crippen LogP contribution >= 0.6 is 35.6 Å². The Hall–Kier alpha value is -2.57. The molecule has 1 heterocycles. The maximum Gasteiger partial charge on any atom is 0.258 e. The van der Waals surface area contributed by atoms with Crippen LogP contribution in [0, 0.1) is 0 Å². The van der Waals surface area contributed by atoms with E-state index in [0.717, 1.165) is 37.1 Å². The molecule has 0 saturated heterocycles. The Morgan fingerprint density at radius 2 is 1.68 bits per heavy atom. The topological polar surface area (TPSA) is 61.4 Å². The summed E-state index contributed by atoms with van der Waals surface area (Å²) >= 11 is 12.6. The average molecular weight is 573 g/mol. The number of carbonyl (C=O) groups is 2. The van der Waals surface area contributed by atoms with Gasteiger partial charge in [0.05, 0.1) is 10.6 Å². The fourth-order valence-electron chi connectivity index (χ4n) is 5.07. The minimum Gasteiger partial charge on any atom is -0.322 e. The summed E-state index contributed by atoms with van der Waals surface area (Å²) in [6.45, 7) is 3.09. The third-order valence-electron chi connectivity index (χ3n) is 7.29. The Balaban J connectivity index is 0.00000336. The van der Waals surface area contributed by atoms with Crippen LogP contribution in [0.5, 0.6) is 0 Å². The van der Waals surface area contributed by atoms with E-state index in [9.17, 15) is 9.59 Å². The maximum atomic E-state index is 13.8. The van der Waals surface area contributed by atoms with Gasteiger partial charge in [0.2, 0.25) is 0 Å². The second-order valence-electron chi connectivity index (χ2n) is 10.0. The van der Waals surface area contributed by atoms with Gasteiger partial charge >= 0.3 is 0 Å². The molecule has 38 heavy (non-hydrogen) atoms. The van der Waals surface area contributed by atoms with E-state index >= 15 is 0 Å². The molecule has 1 aliphatic heterocycles. The molecule has 3 aromatic rings. The Morgan fingerprint density at radius 3 is 2.39 bits per heavy atom. The number of carbonyl (C=O) groups excluding carboxylic acids is 2. The summed E-state index contributed by atoms with van der Waals surface area (Å²) in [6, 6.07) is 20.5. The Bertz CT molecular complexity index is 1290. The van der Waals surface area contributed by atoms with Gasteiger partial charge in [0, 0.05) is 34.0 Å². The van der Waals surface area contributed by atoms with Crippen molar-refractivity contribution in [3.8, 4) is 0 Å². The third kappa shape index (κ3) is 6.52. The molecule has 0 radical (unpaired) electrons. The smallest absolute Gasteiger partial charge is 0.258 e. The highest BCUT2D eigenvalue weighted by Crippen LogP contribution is 2.40. The number of anilines is 2. The molecule has 1 fully saturated rings. The van der Waals surface area contributed by atoms with E-state index in [4.69, 9.17) is 23.2 Å². The lowest BCUT2D eigenvalue weighted by molar-refractivity contribution is 0.0976. The fourth-order valence-corrected chi connectivity index (χ4v) is 5.48. The van der Waals surface area contributed by atoms with Crippen LogP contribution in [0.1, 0.15) is 71.2 Å². The Labute approximate surface area is 240 Å². The molecule has 0 bridgehead atoms. The lowest BCUT2D eigenvalue weighted by Gasteiger charge is -2.29. The molecule has 200 valence electrons. The van der Waals surface area contributed by atoms with Gasteiger partial charge in [-0.1, -0.05) is 35.3 Å². The van der Waals surface area contributed by atoms with Gasteiger partial charge in [-0.25, -0.2) is 0 Å². The first-order valence-corrected chi connectivity index (χ1v) is 13.7. The SMILES string of the molecule is CC1CCC(CCNC2CC2)c2cc(Cl)ccc2N1C(=O)c1ccc(NC(=O)c2ccccc2Cl)cc1.Cl. The maximum absolute atomic E-state index is 13.8. The number of hydrogen-bond acceptors (Lipinski definition) is 3. The van der Waals surface area contributed by atoms with Gasteiger partial charge in [-0.3, -0.25) is 9.59 Å². The van der Waals surface area contributed by atoms with E-state index in [2.05, 4.69) is 17.6 Å². The van der Waals surface area contributed by atoms with Gasteiger partial charge in [-0.2, -0.15) is 0 Å². The third-order valence-corrected chi connectivity index (χ3v) is 7.86. The van der Waals surface area contributed by atoms with E-state index < -0.39 is 0 Å². The van der Waals surface area contributed by atoms with Crippen LogP contribution in [-0.2, 0) is 0 Å². The molecule has 2 aliphatic rings. The lowest BCUT2D eigenvalue weighted by atomic mass is 9.90. The summed E-state index contributed by atoms with van der Waals surface area (Å²) in [5.74, 6) is -0.00162. The molecule has 5 nitrogen and oxygen atoms in total. The second-order valence-corrected chi connectivity index (χ2v) is 10.9. The zero-order valence-electron chi connectivity index (χ0n) is 21.3. The first-order valence-electron chi connectivity index (χ1n) is 12.9. The highest BCUT2D eigenvalue weighted by atomic mass is 35.5. The first-order chi connectivity index (χ1) is 17.9. The molecule has 2 amide bonds. The molecule has 2 unspecified atom stereocenters. The highest BCUT2D eigenvalue weighted by Gasteiger charge is 2.32. The van der Waals surface area contributed by atoms with Crippen molar-refractivity contribution in [2.24, 2.45) is 0 Å². The van der Waals surface area contributed by atoms with Gasteiger partial charge in [0.1, 0.15) is 0 Å². The van der Waals surface area contributed by atoms with E-state index in [-0.39, 0.29) is 30.3 Å². The predicted octanol–water partition coefficient (Wildman–Crippen LogP) is 7.72. The minimum atomic E-state index is -0.293. The van der Waals surface area contributed by atoms with Gasteiger partial charge in [-0.15, -0.1) is 12.4 Å². The van der Waals surface area contributed by atoms with Crippen molar-refractivity contribution in [2.75, 3.05) is 16.8 Å². The van der Waals surface area contributed by atoms with Crippen molar-refractivity contribution in [3.63, 3.8) is 0 Å². The van der Waals surface area contributed by atoms with Crippen LogP contribution in [0.4, 0.5) is 11.4 Å². The first kappa shape index (κ1) is 28.4. The molecule has 1 aliphatic carbocycles. The molecule has 2 N–H and O–H groups in total. The number of nitrogens with zero attached hydrogens (tertiary/aromatic N) is 1. The standard InChI is InChI=1S/C30H31Cl2N3O2.ClH/c1-19-6-7-20(16-17-33-23-13-14-23)26-18-22(31)10-15-28(26)35(19)30(37)21-8-11-24(12-9-21)34-29(36)25-4-2-3-5-27(25)32;/h2-5,8-12,15,18-20,23,33H,6-7,13-14,16-17H2,1H3,(H,34,36);1H. The zero-order valence-corrected chi connectivity index (χ0v) is 23.6. The van der Waals surface area contributed by atoms with E-state index in [1.165, 1.54) is 12.8 Å². The summed E-state index contributed by atoms with van der Waals surface area (Å²) in [5.41, 5.74) is 3.65. The van der Waals surface area contributed by atoms with Gasteiger partial charge in [0.25, 0.3) is 11.8 Å². The van der Waals surface area contributed by atoms with Crippen molar-refractivity contribution in [2.45, 2.75) is 57.0 Å². The highest BCUT2D eigenvalue weighted by molar-refractivity contribution is 6.34. The molecule has 3 aromatic carbocycles. The van der Waals surface area contributed by atoms with E-state index in [1.54, 1.807) is 48.5 Å². The summed E-state index contributed by atoms with van der Waals surface area (Å²) in [5, 5.41) is 7.56. The van der Waals surface area contributed by atoms with Gasteiger partial charge in [-0.05, 0) is 112 Å². The van der Waals surface area contributed by atoms with Crippen molar-refractivity contribution < 1.29 is 9.59 Å². The van der Waals surface area contributed by atoms with Crippen molar-refractivity contribution in [1.82, 2.24) is 5.32 Å². The molecule has 8 heteroatoms. The largest absolute Gasteiger partial charge is 0.322 e. The average Bonchev–Trinajstić information content (AvgIpc) is 3.73. The predicted molar refractivity (Wildman–Crippen MR) is 158 cm³/mol. The van der Waals surface area contributed by atoms with Crippen LogP contribution in [0.25, 0.3) is 0 Å². The number of fused-ring (bicyclic) bond motifs is 1. The Morgan fingerprint density at radius 1 is 0.947 bits per heavy atom. The zero-order chi connectivity index (χ0) is 25.9. The quantitative estimate of drug-likeness (QED) is 0.305. The molecule has 1 saturated carbocycles. The van der Waals surface area contributed by atoms with E-state index in [0.29, 0.717) is 38.8 Å². The van der Waals surface area contributed by atoms with Gasteiger partial charge in [0.15, 0.2) is 0 Å². The summed E-state index contributed by atoms with van der Waals surface area (Å²) < 4.78 is 0.